The van der Waals surface area contributed by atoms with E-state index in [4.69, 9.17) is 24.0 Å². The minimum Gasteiger partial charge on any atom is -0.445 e. The van der Waals surface area contributed by atoms with E-state index in [0.29, 0.717) is 19.3 Å². The molecule has 2 fully saturated rings. The Morgan fingerprint density at radius 2 is 1.74 bits per heavy atom. The Bertz CT molecular complexity index is 925. The van der Waals surface area contributed by atoms with Crippen molar-refractivity contribution in [2.75, 3.05) is 26.9 Å². The van der Waals surface area contributed by atoms with Crippen molar-refractivity contribution >= 4 is 11.8 Å². The fraction of sp³-hybridized carbons (Fsp3) is 0.771. The van der Waals surface area contributed by atoms with Gasteiger partial charge >= 0.3 is 6.09 Å². The van der Waals surface area contributed by atoms with Crippen molar-refractivity contribution < 1.29 is 23.7 Å². The van der Waals surface area contributed by atoms with Gasteiger partial charge in [-0.25, -0.2) is 4.79 Å². The first-order valence-electron chi connectivity index (χ1n) is 17.0. The van der Waals surface area contributed by atoms with Gasteiger partial charge < -0.3 is 24.3 Å². The number of hydrogen-bond acceptors (Lipinski definition) is 7. The molecule has 0 bridgehead atoms. The van der Waals surface area contributed by atoms with Gasteiger partial charge in [0.15, 0.2) is 5.79 Å². The molecular weight excluding hydrogens is 542 g/mol. The van der Waals surface area contributed by atoms with E-state index in [2.05, 4.69) is 17.2 Å². The molecule has 0 unspecified atom stereocenters. The zero-order chi connectivity index (χ0) is 30.8. The molecule has 0 aliphatic carbocycles. The van der Waals surface area contributed by atoms with Crippen LogP contribution >= 0.6 is 0 Å². The molecule has 244 valence electrons. The Morgan fingerprint density at radius 1 is 1.05 bits per heavy atom. The number of rotatable bonds is 20. The first kappa shape index (κ1) is 35.3. The lowest BCUT2D eigenvalue weighted by Gasteiger charge is -2.38. The van der Waals surface area contributed by atoms with E-state index in [1.54, 1.807) is 7.11 Å². The Kier molecular flexibility index (Phi) is 16.4. The molecule has 2 aliphatic rings. The monoisotopic (exact) mass is 601 g/mol. The highest BCUT2D eigenvalue weighted by Crippen LogP contribution is 2.27. The van der Waals surface area contributed by atoms with Crippen LogP contribution in [0.3, 0.4) is 0 Å². The summed E-state index contributed by atoms with van der Waals surface area (Å²) in [7, 11) is 1.74. The van der Waals surface area contributed by atoms with Crippen molar-refractivity contribution in [3.05, 3.63) is 35.9 Å². The Morgan fingerprint density at radius 3 is 2.44 bits per heavy atom. The molecule has 1 aromatic rings. The molecule has 2 heterocycles. The molecule has 8 heteroatoms. The smallest absolute Gasteiger partial charge is 0.407 e. The molecule has 3 atom stereocenters. The third-order valence-electron chi connectivity index (χ3n) is 8.55. The second-order valence-corrected chi connectivity index (χ2v) is 12.8. The minimum atomic E-state index is -0.672. The number of carbonyl (C=O) groups excluding carboxylic acids is 1. The van der Waals surface area contributed by atoms with Gasteiger partial charge in [0.2, 0.25) is 0 Å². The number of nitrogens with zero attached hydrogens (tertiary/aromatic N) is 2. The van der Waals surface area contributed by atoms with Gasteiger partial charge in [-0.15, -0.1) is 0 Å². The molecule has 8 nitrogen and oxygen atoms in total. The van der Waals surface area contributed by atoms with Crippen molar-refractivity contribution in [2.45, 2.75) is 148 Å². The topological polar surface area (TPSA) is 81.6 Å². The number of hydrazone groups is 1. The van der Waals surface area contributed by atoms with Gasteiger partial charge in [-0.05, 0) is 51.5 Å². The van der Waals surface area contributed by atoms with Crippen LogP contribution in [0.5, 0.6) is 0 Å². The number of hydrogen-bond donors (Lipinski definition) is 1. The van der Waals surface area contributed by atoms with Gasteiger partial charge in [-0.1, -0.05) is 101 Å². The van der Waals surface area contributed by atoms with Crippen LogP contribution in [0.4, 0.5) is 4.79 Å². The summed E-state index contributed by atoms with van der Waals surface area (Å²) in [6, 6.07) is 10.1. The van der Waals surface area contributed by atoms with Gasteiger partial charge in [0, 0.05) is 19.7 Å². The fourth-order valence-corrected chi connectivity index (χ4v) is 6.03. The second kappa shape index (κ2) is 20.0. The molecule has 2 aliphatic heterocycles. The predicted molar refractivity (Wildman–Crippen MR) is 173 cm³/mol. The molecule has 1 aromatic carbocycles. The summed E-state index contributed by atoms with van der Waals surface area (Å²) < 4.78 is 23.4. The van der Waals surface area contributed by atoms with E-state index in [9.17, 15) is 4.79 Å². The Labute approximate surface area is 261 Å². The van der Waals surface area contributed by atoms with Crippen molar-refractivity contribution in [3.63, 3.8) is 0 Å². The van der Waals surface area contributed by atoms with Crippen molar-refractivity contribution in [2.24, 2.45) is 5.10 Å². The quantitative estimate of drug-likeness (QED) is 0.153. The SMILES string of the molecule is CCCCCCCCCCCC[C@H](CC[C@@H]1OC(C)(C)OC/C1=N/N1CCC[C@H]1COC)NC(=O)OCc1ccccc1. The molecule has 0 radical (unpaired) electrons. The summed E-state index contributed by atoms with van der Waals surface area (Å²) in [6.45, 7) is 8.49. The van der Waals surface area contributed by atoms with E-state index in [1.807, 2.05) is 44.2 Å². The van der Waals surface area contributed by atoms with Crippen LogP contribution in [0, 0.1) is 0 Å². The summed E-state index contributed by atoms with van der Waals surface area (Å²) >= 11 is 0. The molecule has 0 aromatic heterocycles. The van der Waals surface area contributed by atoms with Crippen molar-refractivity contribution in [1.29, 1.82) is 0 Å². The molecule has 0 saturated carbocycles. The summed E-state index contributed by atoms with van der Waals surface area (Å²) in [5.41, 5.74) is 1.91. The zero-order valence-corrected chi connectivity index (χ0v) is 27.5. The second-order valence-electron chi connectivity index (χ2n) is 12.8. The number of ether oxygens (including phenoxy) is 4. The lowest BCUT2D eigenvalue weighted by atomic mass is 9.98. The first-order chi connectivity index (χ1) is 20.9. The van der Waals surface area contributed by atoms with Crippen LogP contribution in [0.2, 0.25) is 0 Å². The lowest BCUT2D eigenvalue weighted by molar-refractivity contribution is -0.236. The summed E-state index contributed by atoms with van der Waals surface area (Å²) in [5, 5.41) is 10.3. The number of nitrogens with one attached hydrogen (secondary N) is 1. The highest BCUT2D eigenvalue weighted by molar-refractivity contribution is 5.90. The van der Waals surface area contributed by atoms with Gasteiger partial charge in [-0.3, -0.25) is 5.01 Å². The molecule has 2 saturated heterocycles. The highest BCUT2D eigenvalue weighted by Gasteiger charge is 2.35. The van der Waals surface area contributed by atoms with Gasteiger partial charge in [0.1, 0.15) is 12.7 Å². The van der Waals surface area contributed by atoms with Crippen LogP contribution in [0.25, 0.3) is 0 Å². The standard InChI is InChI=1S/C35H59N3O5/c1-5-6-7-8-9-10-11-12-13-17-21-30(36-34(39)41-26-29-19-15-14-16-20-29)23-24-33-32(28-42-35(2,3)43-33)37-38-25-18-22-31(38)27-40-4/h14-16,19-20,30-31,33H,5-13,17-18,21-28H2,1-4H3,(H,36,39)/b37-32-/t30-,31+,33+/m1/s1. The van der Waals surface area contributed by atoms with Gasteiger partial charge in [-0.2, -0.15) is 5.10 Å². The van der Waals surface area contributed by atoms with Crippen LogP contribution in [0.1, 0.15) is 123 Å². The average Bonchev–Trinajstić information content (AvgIpc) is 3.43. The lowest BCUT2D eigenvalue weighted by Crippen LogP contribution is -2.48. The molecular formula is C35H59N3O5. The number of methoxy groups -OCH3 is 1. The van der Waals surface area contributed by atoms with Crippen molar-refractivity contribution in [1.82, 2.24) is 10.3 Å². The maximum atomic E-state index is 12.8. The normalized spacial score (nSPS) is 21.7. The van der Waals surface area contributed by atoms with E-state index >= 15 is 0 Å². The maximum absolute atomic E-state index is 12.8. The first-order valence-corrected chi connectivity index (χ1v) is 17.0. The molecule has 3 rings (SSSR count). The van der Waals surface area contributed by atoms with E-state index in [-0.39, 0.29) is 24.8 Å². The van der Waals surface area contributed by atoms with Gasteiger partial charge in [0.05, 0.1) is 25.0 Å². The number of alkyl carbamates (subject to hydrolysis) is 1. The van der Waals surface area contributed by atoms with E-state index < -0.39 is 5.79 Å². The summed E-state index contributed by atoms with van der Waals surface area (Å²) in [5.74, 6) is -0.672. The fourth-order valence-electron chi connectivity index (χ4n) is 6.03. The average molecular weight is 602 g/mol. The predicted octanol–water partition coefficient (Wildman–Crippen LogP) is 7.99. The highest BCUT2D eigenvalue weighted by atomic mass is 16.7. The third-order valence-corrected chi connectivity index (χ3v) is 8.55. The van der Waals surface area contributed by atoms with Gasteiger partial charge in [0.25, 0.3) is 0 Å². The van der Waals surface area contributed by atoms with Crippen LogP contribution in [-0.2, 0) is 25.6 Å². The zero-order valence-electron chi connectivity index (χ0n) is 27.5. The van der Waals surface area contributed by atoms with Crippen molar-refractivity contribution in [3.8, 4) is 0 Å². The summed E-state index contributed by atoms with van der Waals surface area (Å²) in [4.78, 5) is 12.8. The maximum Gasteiger partial charge on any atom is 0.407 e. The molecule has 1 amide bonds. The Balaban J connectivity index is 1.54. The van der Waals surface area contributed by atoms with Crippen LogP contribution in [0.15, 0.2) is 35.4 Å². The molecule has 0 spiro atoms. The number of benzene rings is 1. The largest absolute Gasteiger partial charge is 0.445 e. The van der Waals surface area contributed by atoms with Crippen LogP contribution < -0.4 is 5.32 Å². The minimum absolute atomic E-state index is 0.0150. The van der Waals surface area contributed by atoms with E-state index in [1.165, 1.54) is 57.8 Å². The van der Waals surface area contributed by atoms with E-state index in [0.717, 1.165) is 56.3 Å². The summed E-state index contributed by atoms with van der Waals surface area (Å²) in [6.07, 6.45) is 17.1. The van der Waals surface area contributed by atoms with Crippen LogP contribution in [-0.4, -0.2) is 67.7 Å². The number of unbranched alkanes of at least 4 members (excludes halogenated alkanes) is 9. The Hall–Kier alpha value is -2.16. The third kappa shape index (κ3) is 14.0. The number of carbonyl (C=O) groups is 1. The number of amides is 1. The molecule has 1 N–H and O–H groups in total. The molecule has 43 heavy (non-hydrogen) atoms.